The van der Waals surface area contributed by atoms with Gasteiger partial charge < -0.3 is 0 Å². The Morgan fingerprint density at radius 2 is 2.04 bits per heavy atom. The molecule has 0 bridgehead atoms. The maximum absolute atomic E-state index is 13.1. The summed E-state index contributed by atoms with van der Waals surface area (Å²) >= 11 is 13.7. The van der Waals surface area contributed by atoms with E-state index in [1.165, 1.54) is 0 Å². The lowest BCUT2D eigenvalue weighted by Crippen LogP contribution is -2.39. The van der Waals surface area contributed by atoms with Crippen LogP contribution in [0.1, 0.15) is 29.3 Å². The predicted molar refractivity (Wildman–Crippen MR) is 107 cm³/mol. The lowest BCUT2D eigenvalue weighted by Gasteiger charge is -2.23. The third kappa shape index (κ3) is 4.02. The molecule has 1 atom stereocenters. The molecule has 3 rings (SSSR count). The van der Waals surface area contributed by atoms with Gasteiger partial charge in [-0.25, -0.2) is 4.99 Å². The van der Waals surface area contributed by atoms with Crippen molar-refractivity contribution >= 4 is 51.7 Å². The van der Waals surface area contributed by atoms with Gasteiger partial charge in [0.1, 0.15) is 0 Å². The summed E-state index contributed by atoms with van der Waals surface area (Å²) < 4.78 is 0. The Morgan fingerprint density at radius 3 is 2.72 bits per heavy atom. The van der Waals surface area contributed by atoms with Gasteiger partial charge in [-0.15, -0.1) is 0 Å². The number of amidine groups is 1. The number of carbonyl (C=O) groups is 1. The topological polar surface area (TPSA) is 32.7 Å². The van der Waals surface area contributed by atoms with E-state index < -0.39 is 0 Å². The molecule has 130 valence electrons. The largest absolute Gasteiger partial charge is 0.283 e. The van der Waals surface area contributed by atoms with Gasteiger partial charge in [-0.2, -0.15) is 0 Å². The van der Waals surface area contributed by atoms with Crippen LogP contribution in [-0.4, -0.2) is 27.8 Å². The van der Waals surface area contributed by atoms with Gasteiger partial charge in [-0.05, 0) is 49.2 Å². The number of hydrogen-bond acceptors (Lipinski definition) is 3. The van der Waals surface area contributed by atoms with Crippen LogP contribution in [0.25, 0.3) is 0 Å². The van der Waals surface area contributed by atoms with Crippen LogP contribution in [0.5, 0.6) is 0 Å². The van der Waals surface area contributed by atoms with Crippen LogP contribution in [0, 0.1) is 6.92 Å². The maximum atomic E-state index is 13.1. The smallest absolute Gasteiger partial charge is 0.260 e. The van der Waals surface area contributed by atoms with Gasteiger partial charge in [0.2, 0.25) is 0 Å². The first kappa shape index (κ1) is 18.3. The standard InChI is InChI=1S/C19H18Cl2N2OS/c1-3-15-11-25-19(22-14-6-4-5-12(2)9-14)23(15)18(24)13-7-8-16(20)17(21)10-13/h4-10,15H,3,11H2,1-2H3/t15-/m0/s1. The number of halogens is 2. The van der Waals surface area contributed by atoms with E-state index in [0.29, 0.717) is 15.6 Å². The lowest BCUT2D eigenvalue weighted by molar-refractivity contribution is 0.0819. The fourth-order valence-corrected chi connectivity index (χ4v) is 4.25. The molecule has 0 aromatic heterocycles. The Morgan fingerprint density at radius 1 is 1.24 bits per heavy atom. The molecule has 0 unspecified atom stereocenters. The highest BCUT2D eigenvalue weighted by Gasteiger charge is 2.34. The maximum Gasteiger partial charge on any atom is 0.260 e. The summed E-state index contributed by atoms with van der Waals surface area (Å²) in [4.78, 5) is 19.6. The Bertz CT molecular complexity index is 838. The van der Waals surface area contributed by atoms with E-state index in [0.717, 1.165) is 28.6 Å². The number of aliphatic imine (C=N–C) groups is 1. The number of rotatable bonds is 3. The van der Waals surface area contributed by atoms with E-state index in [1.54, 1.807) is 34.9 Å². The lowest BCUT2D eigenvalue weighted by atomic mass is 10.1. The van der Waals surface area contributed by atoms with Crippen molar-refractivity contribution in [3.8, 4) is 0 Å². The summed E-state index contributed by atoms with van der Waals surface area (Å²) in [6.07, 6.45) is 0.868. The van der Waals surface area contributed by atoms with Crippen LogP contribution in [0.4, 0.5) is 5.69 Å². The highest BCUT2D eigenvalue weighted by Crippen LogP contribution is 2.31. The van der Waals surface area contributed by atoms with E-state index in [9.17, 15) is 4.79 Å². The van der Waals surface area contributed by atoms with Gasteiger partial charge in [0.05, 0.1) is 15.7 Å². The molecule has 0 radical (unpaired) electrons. The number of amides is 1. The van der Waals surface area contributed by atoms with Gasteiger partial charge in [-0.1, -0.05) is 54.0 Å². The van der Waals surface area contributed by atoms with Crippen molar-refractivity contribution in [2.24, 2.45) is 4.99 Å². The molecule has 1 saturated heterocycles. The minimum atomic E-state index is -0.0955. The highest BCUT2D eigenvalue weighted by atomic mass is 35.5. The molecule has 2 aromatic rings. The summed E-state index contributed by atoms with van der Waals surface area (Å²) in [7, 11) is 0. The zero-order chi connectivity index (χ0) is 18.0. The minimum absolute atomic E-state index is 0.0955. The van der Waals surface area contributed by atoms with Crippen molar-refractivity contribution in [1.29, 1.82) is 0 Å². The molecular formula is C19H18Cl2N2OS. The first-order valence-corrected chi connectivity index (χ1v) is 9.80. The van der Waals surface area contributed by atoms with E-state index >= 15 is 0 Å². The predicted octanol–water partition coefficient (Wildman–Crippen LogP) is 5.96. The third-order valence-electron chi connectivity index (χ3n) is 4.06. The number of nitrogens with zero attached hydrogens (tertiary/aromatic N) is 2. The average molecular weight is 393 g/mol. The molecule has 0 spiro atoms. The molecule has 1 heterocycles. The number of hydrogen-bond donors (Lipinski definition) is 0. The van der Waals surface area contributed by atoms with Gasteiger partial charge in [0.25, 0.3) is 5.91 Å². The Labute approximate surface area is 162 Å². The molecule has 1 aliphatic rings. The van der Waals surface area contributed by atoms with Crippen LogP contribution in [-0.2, 0) is 0 Å². The fraction of sp³-hybridized carbons (Fsp3) is 0.263. The molecule has 0 N–H and O–H groups in total. The highest BCUT2D eigenvalue weighted by molar-refractivity contribution is 8.14. The van der Waals surface area contributed by atoms with Crippen LogP contribution in [0.2, 0.25) is 10.0 Å². The monoisotopic (exact) mass is 392 g/mol. The van der Waals surface area contributed by atoms with Crippen LogP contribution < -0.4 is 0 Å². The summed E-state index contributed by atoms with van der Waals surface area (Å²) in [5, 5.41) is 1.55. The summed E-state index contributed by atoms with van der Waals surface area (Å²) in [6.45, 7) is 4.11. The van der Waals surface area contributed by atoms with Gasteiger partial charge in [-0.3, -0.25) is 9.69 Å². The van der Waals surface area contributed by atoms with E-state index in [-0.39, 0.29) is 11.9 Å². The Balaban J connectivity index is 1.96. The number of carbonyl (C=O) groups excluding carboxylic acids is 1. The SMILES string of the molecule is CC[C@H]1CSC(=Nc2cccc(C)c2)N1C(=O)c1ccc(Cl)c(Cl)c1. The normalized spacial score (nSPS) is 18.8. The van der Waals surface area contributed by atoms with Gasteiger partial charge >= 0.3 is 0 Å². The first-order valence-electron chi connectivity index (χ1n) is 8.06. The molecule has 25 heavy (non-hydrogen) atoms. The van der Waals surface area contributed by atoms with Crippen molar-refractivity contribution in [1.82, 2.24) is 4.90 Å². The third-order valence-corrected chi connectivity index (χ3v) is 5.90. The molecule has 6 heteroatoms. The summed E-state index contributed by atoms with van der Waals surface area (Å²) in [5.41, 5.74) is 2.51. The molecule has 0 aliphatic carbocycles. The van der Waals surface area contributed by atoms with Gasteiger partial charge in [0.15, 0.2) is 5.17 Å². The molecule has 1 aliphatic heterocycles. The summed E-state index contributed by atoms with van der Waals surface area (Å²) in [6, 6.07) is 13.0. The zero-order valence-corrected chi connectivity index (χ0v) is 16.3. The average Bonchev–Trinajstić information content (AvgIpc) is 2.99. The second-order valence-corrected chi connectivity index (χ2v) is 7.71. The zero-order valence-electron chi connectivity index (χ0n) is 14.0. The second-order valence-electron chi connectivity index (χ2n) is 5.91. The van der Waals surface area contributed by atoms with Gasteiger partial charge in [0, 0.05) is 17.4 Å². The molecule has 2 aromatic carbocycles. The molecular weight excluding hydrogens is 375 g/mol. The van der Waals surface area contributed by atoms with Crippen molar-refractivity contribution in [3.63, 3.8) is 0 Å². The second kappa shape index (κ2) is 7.81. The fourth-order valence-electron chi connectivity index (χ4n) is 2.69. The van der Waals surface area contributed by atoms with E-state index in [2.05, 4.69) is 6.92 Å². The molecule has 3 nitrogen and oxygen atoms in total. The molecule has 1 amide bonds. The minimum Gasteiger partial charge on any atom is -0.283 e. The van der Waals surface area contributed by atoms with Crippen molar-refractivity contribution in [3.05, 3.63) is 63.6 Å². The first-order chi connectivity index (χ1) is 12.0. The molecule has 0 saturated carbocycles. The van der Waals surface area contributed by atoms with Crippen LogP contribution >= 0.6 is 35.0 Å². The van der Waals surface area contributed by atoms with Crippen LogP contribution in [0.3, 0.4) is 0 Å². The quantitative estimate of drug-likeness (QED) is 0.645. The van der Waals surface area contributed by atoms with E-state index in [4.69, 9.17) is 28.2 Å². The Kier molecular flexibility index (Phi) is 5.72. The van der Waals surface area contributed by atoms with Crippen molar-refractivity contribution in [2.75, 3.05) is 5.75 Å². The molecule has 1 fully saturated rings. The van der Waals surface area contributed by atoms with Crippen molar-refractivity contribution in [2.45, 2.75) is 26.3 Å². The number of aryl methyl sites for hydroxylation is 1. The van der Waals surface area contributed by atoms with Crippen molar-refractivity contribution < 1.29 is 4.79 Å². The number of thioether (sulfide) groups is 1. The van der Waals surface area contributed by atoms with E-state index in [1.807, 2.05) is 31.2 Å². The number of benzene rings is 2. The summed E-state index contributed by atoms with van der Waals surface area (Å²) in [5.74, 6) is 0.746. The van der Waals surface area contributed by atoms with Crippen LogP contribution in [0.15, 0.2) is 47.5 Å². The Hall–Kier alpha value is -1.49.